The van der Waals surface area contributed by atoms with Crippen LogP contribution >= 0.6 is 0 Å². The Kier molecular flexibility index (Phi) is 5.41. The second-order valence-electron chi connectivity index (χ2n) is 4.63. The molecule has 0 aliphatic heterocycles. The lowest BCUT2D eigenvalue weighted by atomic mass is 10.2. The first-order valence-electron chi connectivity index (χ1n) is 6.12. The maximum absolute atomic E-state index is 11.9. The predicted octanol–water partition coefficient (Wildman–Crippen LogP) is 0.692. The van der Waals surface area contributed by atoms with Crippen LogP contribution < -0.4 is 10.0 Å². The maximum Gasteiger partial charge on any atom is 0.241 e. The number of rotatable bonds is 6. The van der Waals surface area contributed by atoms with E-state index in [1.54, 1.807) is 13.8 Å². The molecule has 0 unspecified atom stereocenters. The Hall–Kier alpha value is -1.73. The molecule has 6 nitrogen and oxygen atoms in total. The molecule has 0 saturated heterocycles. The van der Waals surface area contributed by atoms with Gasteiger partial charge < -0.3 is 5.32 Å². The average Bonchev–Trinajstić information content (AvgIpc) is 2.36. The molecule has 7 heteroatoms. The number of carbonyl (C=O) groups is 2. The second kappa shape index (κ2) is 6.62. The molecule has 1 aromatic rings. The van der Waals surface area contributed by atoms with Crippen LogP contribution in [0, 0.1) is 0 Å². The molecular formula is C13H18N2O4S. The van der Waals surface area contributed by atoms with Gasteiger partial charge in [0.1, 0.15) is 0 Å². The van der Waals surface area contributed by atoms with E-state index in [-0.39, 0.29) is 23.3 Å². The Bertz CT molecular complexity index is 591. The van der Waals surface area contributed by atoms with Gasteiger partial charge >= 0.3 is 0 Å². The second-order valence-corrected chi connectivity index (χ2v) is 6.39. The number of ketones is 1. The van der Waals surface area contributed by atoms with Gasteiger partial charge in [0.05, 0.1) is 11.4 Å². The molecule has 0 spiro atoms. The van der Waals surface area contributed by atoms with Gasteiger partial charge in [-0.05, 0) is 32.9 Å². The van der Waals surface area contributed by atoms with Gasteiger partial charge in [0.25, 0.3) is 0 Å². The van der Waals surface area contributed by atoms with E-state index in [1.807, 2.05) is 0 Å². The summed E-state index contributed by atoms with van der Waals surface area (Å²) in [5.41, 5.74) is 0.432. The van der Waals surface area contributed by atoms with Crippen LogP contribution in [-0.4, -0.2) is 32.7 Å². The van der Waals surface area contributed by atoms with E-state index in [1.165, 1.54) is 31.2 Å². The zero-order valence-corrected chi connectivity index (χ0v) is 12.5. The van der Waals surface area contributed by atoms with Gasteiger partial charge in [0.15, 0.2) is 5.78 Å². The van der Waals surface area contributed by atoms with Crippen LogP contribution in [0.3, 0.4) is 0 Å². The molecule has 0 fully saturated rings. The zero-order chi connectivity index (χ0) is 15.3. The molecule has 0 atom stereocenters. The van der Waals surface area contributed by atoms with Crippen molar-refractivity contribution in [1.29, 1.82) is 0 Å². The van der Waals surface area contributed by atoms with Crippen molar-refractivity contribution in [2.24, 2.45) is 0 Å². The number of sulfonamides is 1. The van der Waals surface area contributed by atoms with Crippen molar-refractivity contribution < 1.29 is 18.0 Å². The van der Waals surface area contributed by atoms with Crippen molar-refractivity contribution in [3.05, 3.63) is 29.8 Å². The summed E-state index contributed by atoms with van der Waals surface area (Å²) >= 11 is 0. The summed E-state index contributed by atoms with van der Waals surface area (Å²) in [6.07, 6.45) is 0. The number of nitrogens with one attached hydrogen (secondary N) is 2. The lowest BCUT2D eigenvalue weighted by Crippen LogP contribution is -2.39. The van der Waals surface area contributed by atoms with E-state index >= 15 is 0 Å². The normalized spacial score (nSPS) is 11.4. The summed E-state index contributed by atoms with van der Waals surface area (Å²) in [5.74, 6) is -0.540. The first-order chi connectivity index (χ1) is 9.22. The Morgan fingerprint density at radius 2 is 1.70 bits per heavy atom. The van der Waals surface area contributed by atoms with Crippen LogP contribution in [0.15, 0.2) is 29.2 Å². The fourth-order valence-electron chi connectivity index (χ4n) is 1.49. The summed E-state index contributed by atoms with van der Waals surface area (Å²) in [7, 11) is -3.76. The molecular weight excluding hydrogens is 280 g/mol. The smallest absolute Gasteiger partial charge is 0.241 e. The van der Waals surface area contributed by atoms with Crippen LogP contribution in [0.2, 0.25) is 0 Å². The lowest BCUT2D eigenvalue weighted by molar-refractivity contribution is -0.120. The molecule has 0 aromatic heterocycles. The largest absolute Gasteiger partial charge is 0.353 e. The first-order valence-corrected chi connectivity index (χ1v) is 7.60. The van der Waals surface area contributed by atoms with Crippen molar-refractivity contribution in [2.45, 2.75) is 31.7 Å². The molecule has 1 amide bonds. The van der Waals surface area contributed by atoms with E-state index in [0.29, 0.717) is 5.56 Å². The monoisotopic (exact) mass is 298 g/mol. The highest BCUT2D eigenvalue weighted by atomic mass is 32.2. The Morgan fingerprint density at radius 1 is 1.15 bits per heavy atom. The summed E-state index contributed by atoms with van der Waals surface area (Å²) in [6.45, 7) is 4.65. The van der Waals surface area contributed by atoms with Gasteiger partial charge in [-0.1, -0.05) is 12.1 Å². The number of hydrogen-bond acceptors (Lipinski definition) is 4. The van der Waals surface area contributed by atoms with Crippen molar-refractivity contribution in [1.82, 2.24) is 10.0 Å². The van der Waals surface area contributed by atoms with Crippen molar-refractivity contribution in [3.63, 3.8) is 0 Å². The van der Waals surface area contributed by atoms with Crippen LogP contribution in [0.1, 0.15) is 31.1 Å². The van der Waals surface area contributed by atoms with Crippen molar-refractivity contribution in [2.75, 3.05) is 6.54 Å². The standard InChI is InChI=1S/C13H18N2O4S/c1-9(2)15-13(17)8-14-20(18,19)12-6-4-11(5-7-12)10(3)16/h4-7,9,14H,8H2,1-3H3,(H,15,17). The Morgan fingerprint density at radius 3 is 2.15 bits per heavy atom. The fourth-order valence-corrected chi connectivity index (χ4v) is 2.47. The molecule has 0 saturated carbocycles. The highest BCUT2D eigenvalue weighted by Gasteiger charge is 2.16. The van der Waals surface area contributed by atoms with Crippen LogP contribution in [0.25, 0.3) is 0 Å². The minimum absolute atomic E-state index is 0.0137. The highest BCUT2D eigenvalue weighted by Crippen LogP contribution is 2.10. The van der Waals surface area contributed by atoms with Crippen LogP contribution in [-0.2, 0) is 14.8 Å². The van der Waals surface area contributed by atoms with Gasteiger partial charge in [-0.2, -0.15) is 0 Å². The fraction of sp³-hybridized carbons (Fsp3) is 0.385. The quantitative estimate of drug-likeness (QED) is 0.756. The average molecular weight is 298 g/mol. The van der Waals surface area contributed by atoms with E-state index in [9.17, 15) is 18.0 Å². The number of amides is 1. The summed E-state index contributed by atoms with van der Waals surface area (Å²) in [5, 5.41) is 2.58. The van der Waals surface area contributed by atoms with E-state index in [2.05, 4.69) is 10.0 Å². The molecule has 0 heterocycles. The van der Waals surface area contributed by atoms with Crippen molar-refractivity contribution >= 4 is 21.7 Å². The highest BCUT2D eigenvalue weighted by molar-refractivity contribution is 7.89. The minimum atomic E-state index is -3.76. The minimum Gasteiger partial charge on any atom is -0.353 e. The number of Topliss-reactive ketones (excluding diaryl/α,β-unsaturated/α-hetero) is 1. The maximum atomic E-state index is 11.9. The van der Waals surface area contributed by atoms with Crippen LogP contribution in [0.5, 0.6) is 0 Å². The lowest BCUT2D eigenvalue weighted by Gasteiger charge is -2.10. The van der Waals surface area contributed by atoms with Gasteiger partial charge in [-0.25, -0.2) is 13.1 Å². The van der Waals surface area contributed by atoms with Gasteiger partial charge in [0, 0.05) is 11.6 Å². The zero-order valence-electron chi connectivity index (χ0n) is 11.6. The molecule has 1 aromatic carbocycles. The Balaban J connectivity index is 2.74. The molecule has 0 aliphatic rings. The number of carbonyl (C=O) groups excluding carboxylic acids is 2. The van der Waals surface area contributed by atoms with Gasteiger partial charge in [-0.15, -0.1) is 0 Å². The molecule has 1 rings (SSSR count). The molecule has 0 radical (unpaired) electrons. The third kappa shape index (κ3) is 4.75. The summed E-state index contributed by atoms with van der Waals surface area (Å²) in [4.78, 5) is 22.5. The summed E-state index contributed by atoms with van der Waals surface area (Å²) in [6, 6.07) is 5.48. The van der Waals surface area contributed by atoms with E-state index < -0.39 is 15.9 Å². The molecule has 2 N–H and O–H groups in total. The van der Waals surface area contributed by atoms with E-state index in [4.69, 9.17) is 0 Å². The first kappa shape index (κ1) is 16.3. The van der Waals surface area contributed by atoms with Crippen molar-refractivity contribution in [3.8, 4) is 0 Å². The van der Waals surface area contributed by atoms with E-state index in [0.717, 1.165) is 0 Å². The van der Waals surface area contributed by atoms with Gasteiger partial charge in [-0.3, -0.25) is 9.59 Å². The Labute approximate surface area is 118 Å². The molecule has 0 bridgehead atoms. The van der Waals surface area contributed by atoms with Crippen LogP contribution in [0.4, 0.5) is 0 Å². The molecule has 20 heavy (non-hydrogen) atoms. The topological polar surface area (TPSA) is 92.3 Å². The molecule has 0 aliphatic carbocycles. The summed E-state index contributed by atoms with van der Waals surface area (Å²) < 4.78 is 26.1. The number of hydrogen-bond donors (Lipinski definition) is 2. The third-order valence-electron chi connectivity index (χ3n) is 2.44. The SMILES string of the molecule is CC(=O)c1ccc(S(=O)(=O)NCC(=O)NC(C)C)cc1. The van der Waals surface area contributed by atoms with Gasteiger partial charge in [0.2, 0.25) is 15.9 Å². The third-order valence-corrected chi connectivity index (χ3v) is 3.86. The molecule has 110 valence electrons. The number of benzene rings is 1. The predicted molar refractivity (Wildman–Crippen MR) is 74.9 cm³/mol.